The SMILES string of the molecule is O=C[C@H]1CC[C@H](C(F)(F)F)CC1. The van der Waals surface area contributed by atoms with Crippen molar-refractivity contribution < 1.29 is 18.0 Å². The molecule has 0 heterocycles. The zero-order chi connectivity index (χ0) is 9.19. The first kappa shape index (κ1) is 9.55. The summed E-state index contributed by atoms with van der Waals surface area (Å²) in [6, 6.07) is 0. The molecule has 0 atom stereocenters. The van der Waals surface area contributed by atoms with Crippen LogP contribution in [0.5, 0.6) is 0 Å². The van der Waals surface area contributed by atoms with E-state index in [1.807, 2.05) is 0 Å². The Morgan fingerprint density at radius 2 is 1.58 bits per heavy atom. The lowest BCUT2D eigenvalue weighted by atomic mass is 9.82. The fourth-order valence-corrected chi connectivity index (χ4v) is 1.58. The highest BCUT2D eigenvalue weighted by Gasteiger charge is 2.41. The molecule has 4 heteroatoms. The molecule has 1 fully saturated rings. The number of carbonyl (C=O) groups excluding carboxylic acids is 1. The second-order valence-electron chi connectivity index (χ2n) is 3.29. The Morgan fingerprint density at radius 1 is 1.08 bits per heavy atom. The van der Waals surface area contributed by atoms with E-state index < -0.39 is 12.1 Å². The Labute approximate surface area is 68.9 Å². The van der Waals surface area contributed by atoms with Crippen LogP contribution in [0, 0.1) is 11.8 Å². The van der Waals surface area contributed by atoms with E-state index in [2.05, 4.69) is 0 Å². The van der Waals surface area contributed by atoms with E-state index in [0.29, 0.717) is 12.8 Å². The lowest BCUT2D eigenvalue weighted by Crippen LogP contribution is -2.28. The maximum absolute atomic E-state index is 12.1. The number of rotatable bonds is 1. The molecule has 0 aromatic rings. The first-order valence-corrected chi connectivity index (χ1v) is 4.06. The van der Waals surface area contributed by atoms with Crippen LogP contribution >= 0.6 is 0 Å². The summed E-state index contributed by atoms with van der Waals surface area (Å²) in [5.74, 6) is -1.31. The monoisotopic (exact) mass is 180 g/mol. The second-order valence-corrected chi connectivity index (χ2v) is 3.29. The van der Waals surface area contributed by atoms with Gasteiger partial charge in [-0.3, -0.25) is 0 Å². The third-order valence-corrected chi connectivity index (χ3v) is 2.43. The molecule has 1 rings (SSSR count). The van der Waals surface area contributed by atoms with Gasteiger partial charge in [-0.25, -0.2) is 0 Å². The molecule has 0 saturated heterocycles. The number of alkyl halides is 3. The maximum atomic E-state index is 12.1. The number of aldehydes is 1. The molecule has 0 aromatic heterocycles. The van der Waals surface area contributed by atoms with Crippen molar-refractivity contribution in [2.75, 3.05) is 0 Å². The molecule has 0 aliphatic heterocycles. The fourth-order valence-electron chi connectivity index (χ4n) is 1.58. The van der Waals surface area contributed by atoms with E-state index in [-0.39, 0.29) is 18.8 Å². The highest BCUT2D eigenvalue weighted by Crippen LogP contribution is 2.38. The average molecular weight is 180 g/mol. The van der Waals surface area contributed by atoms with Gasteiger partial charge >= 0.3 is 6.18 Å². The maximum Gasteiger partial charge on any atom is 0.391 e. The van der Waals surface area contributed by atoms with Gasteiger partial charge in [0.1, 0.15) is 6.29 Å². The molecule has 0 aromatic carbocycles. The standard InChI is InChI=1S/C8H11F3O/c9-8(10,11)7-3-1-6(5-12)2-4-7/h5-7H,1-4H2/t6-,7-. The van der Waals surface area contributed by atoms with Crippen LogP contribution in [0.25, 0.3) is 0 Å². The van der Waals surface area contributed by atoms with Gasteiger partial charge in [-0.15, -0.1) is 0 Å². The predicted octanol–water partition coefficient (Wildman–Crippen LogP) is 2.55. The van der Waals surface area contributed by atoms with Gasteiger partial charge in [0.05, 0.1) is 5.92 Å². The third-order valence-electron chi connectivity index (χ3n) is 2.43. The average Bonchev–Trinajstić information content (AvgIpc) is 2.03. The molecule has 1 nitrogen and oxygen atoms in total. The Bertz CT molecular complexity index is 156. The summed E-state index contributed by atoms with van der Waals surface area (Å²) in [7, 11) is 0. The Morgan fingerprint density at radius 3 is 1.92 bits per heavy atom. The molecule has 0 bridgehead atoms. The lowest BCUT2D eigenvalue weighted by molar-refractivity contribution is -0.184. The van der Waals surface area contributed by atoms with Gasteiger partial charge in [-0.2, -0.15) is 13.2 Å². The van der Waals surface area contributed by atoms with Crippen LogP contribution < -0.4 is 0 Å². The van der Waals surface area contributed by atoms with Crippen LogP contribution in [0.3, 0.4) is 0 Å². The molecular formula is C8H11F3O. The smallest absolute Gasteiger partial charge is 0.303 e. The summed E-state index contributed by atoms with van der Waals surface area (Å²) in [6.07, 6.45) is -2.26. The van der Waals surface area contributed by atoms with E-state index in [1.54, 1.807) is 0 Å². The minimum atomic E-state index is -4.06. The Balaban J connectivity index is 2.41. The first-order valence-electron chi connectivity index (χ1n) is 4.06. The molecule has 70 valence electrons. The predicted molar refractivity (Wildman–Crippen MR) is 37.6 cm³/mol. The van der Waals surface area contributed by atoms with Crippen molar-refractivity contribution in [3.63, 3.8) is 0 Å². The van der Waals surface area contributed by atoms with Crippen molar-refractivity contribution in [3.8, 4) is 0 Å². The normalized spacial score (nSPS) is 31.6. The van der Waals surface area contributed by atoms with Crippen molar-refractivity contribution >= 4 is 6.29 Å². The number of hydrogen-bond acceptors (Lipinski definition) is 1. The molecule has 1 saturated carbocycles. The summed E-state index contributed by atoms with van der Waals surface area (Å²) in [5.41, 5.74) is 0. The van der Waals surface area contributed by atoms with Gasteiger partial charge in [0, 0.05) is 5.92 Å². The Kier molecular flexibility index (Phi) is 2.75. The van der Waals surface area contributed by atoms with E-state index >= 15 is 0 Å². The second kappa shape index (κ2) is 3.46. The molecule has 12 heavy (non-hydrogen) atoms. The van der Waals surface area contributed by atoms with Crippen LogP contribution in [-0.4, -0.2) is 12.5 Å². The molecular weight excluding hydrogens is 169 g/mol. The topological polar surface area (TPSA) is 17.1 Å². The Hall–Kier alpha value is -0.540. The largest absolute Gasteiger partial charge is 0.391 e. The summed E-state index contributed by atoms with van der Waals surface area (Å²) in [5, 5.41) is 0. The fraction of sp³-hybridized carbons (Fsp3) is 0.875. The van der Waals surface area contributed by atoms with Crippen LogP contribution in [0.15, 0.2) is 0 Å². The summed E-state index contributed by atoms with van der Waals surface area (Å²) >= 11 is 0. The van der Waals surface area contributed by atoms with E-state index in [4.69, 9.17) is 0 Å². The van der Waals surface area contributed by atoms with E-state index in [1.165, 1.54) is 0 Å². The number of carbonyl (C=O) groups is 1. The minimum Gasteiger partial charge on any atom is -0.303 e. The number of hydrogen-bond donors (Lipinski definition) is 0. The van der Waals surface area contributed by atoms with Gasteiger partial charge < -0.3 is 4.79 Å². The lowest BCUT2D eigenvalue weighted by Gasteiger charge is -2.26. The van der Waals surface area contributed by atoms with Crippen molar-refractivity contribution in [2.45, 2.75) is 31.9 Å². The molecule has 0 amide bonds. The zero-order valence-corrected chi connectivity index (χ0v) is 6.60. The number of halogens is 3. The van der Waals surface area contributed by atoms with Crippen LogP contribution in [0.1, 0.15) is 25.7 Å². The summed E-state index contributed by atoms with van der Waals surface area (Å²) < 4.78 is 36.3. The summed E-state index contributed by atoms with van der Waals surface area (Å²) in [6.45, 7) is 0. The third kappa shape index (κ3) is 2.22. The van der Waals surface area contributed by atoms with Gasteiger partial charge in [-0.1, -0.05) is 0 Å². The van der Waals surface area contributed by atoms with Crippen molar-refractivity contribution in [2.24, 2.45) is 11.8 Å². The molecule has 0 spiro atoms. The van der Waals surface area contributed by atoms with Gasteiger partial charge in [0.2, 0.25) is 0 Å². The van der Waals surface area contributed by atoms with E-state index in [9.17, 15) is 18.0 Å². The molecule has 1 aliphatic carbocycles. The van der Waals surface area contributed by atoms with Crippen LogP contribution in [-0.2, 0) is 4.79 Å². The van der Waals surface area contributed by atoms with Crippen molar-refractivity contribution in [1.82, 2.24) is 0 Å². The minimum absolute atomic E-state index is 0.118. The van der Waals surface area contributed by atoms with Crippen molar-refractivity contribution in [3.05, 3.63) is 0 Å². The molecule has 0 N–H and O–H groups in total. The van der Waals surface area contributed by atoms with Crippen LogP contribution in [0.2, 0.25) is 0 Å². The van der Waals surface area contributed by atoms with Gasteiger partial charge in [0.15, 0.2) is 0 Å². The van der Waals surface area contributed by atoms with Gasteiger partial charge in [0.25, 0.3) is 0 Å². The van der Waals surface area contributed by atoms with Gasteiger partial charge in [-0.05, 0) is 25.7 Å². The highest BCUT2D eigenvalue weighted by atomic mass is 19.4. The first-order chi connectivity index (χ1) is 5.54. The molecule has 0 radical (unpaired) electrons. The van der Waals surface area contributed by atoms with E-state index in [0.717, 1.165) is 6.29 Å². The molecule has 0 unspecified atom stereocenters. The quantitative estimate of drug-likeness (QED) is 0.567. The molecule has 1 aliphatic rings. The highest BCUT2D eigenvalue weighted by molar-refractivity contribution is 5.53. The van der Waals surface area contributed by atoms with Crippen molar-refractivity contribution in [1.29, 1.82) is 0 Å². The zero-order valence-electron chi connectivity index (χ0n) is 6.60. The summed E-state index contributed by atoms with van der Waals surface area (Å²) in [4.78, 5) is 10.2. The van der Waals surface area contributed by atoms with Crippen LogP contribution in [0.4, 0.5) is 13.2 Å².